The van der Waals surface area contributed by atoms with E-state index in [9.17, 15) is 0 Å². The van der Waals surface area contributed by atoms with Crippen LogP contribution < -0.4 is 0 Å². The monoisotopic (exact) mass is 289 g/mol. The molecule has 0 aliphatic carbocycles. The smallest absolute Gasteiger partial charge is 0.0462 e. The summed E-state index contributed by atoms with van der Waals surface area (Å²) in [6.45, 7) is 5.33. The van der Waals surface area contributed by atoms with E-state index in [0.717, 1.165) is 22.5 Å². The SMILES string of the molecule is CCC(C)N(C)Cc1ccc(Br)cc1Cl. The maximum absolute atomic E-state index is 6.16. The Morgan fingerprint density at radius 1 is 1.47 bits per heavy atom. The van der Waals surface area contributed by atoms with Crippen LogP contribution in [0.5, 0.6) is 0 Å². The molecular weight excluding hydrogens is 273 g/mol. The summed E-state index contributed by atoms with van der Waals surface area (Å²) >= 11 is 9.57. The second kappa shape index (κ2) is 5.88. The third-order valence-corrected chi connectivity index (χ3v) is 3.62. The first-order valence-corrected chi connectivity index (χ1v) is 6.35. The van der Waals surface area contributed by atoms with Gasteiger partial charge in [-0.05, 0) is 38.1 Å². The van der Waals surface area contributed by atoms with Gasteiger partial charge in [0, 0.05) is 22.1 Å². The highest BCUT2D eigenvalue weighted by Gasteiger charge is 2.09. The van der Waals surface area contributed by atoms with Crippen LogP contribution in [0.2, 0.25) is 5.02 Å². The Balaban J connectivity index is 2.72. The van der Waals surface area contributed by atoms with Crippen molar-refractivity contribution in [2.75, 3.05) is 7.05 Å². The number of hydrogen-bond acceptors (Lipinski definition) is 1. The molecule has 1 aromatic carbocycles. The maximum Gasteiger partial charge on any atom is 0.0462 e. The fraction of sp³-hybridized carbons (Fsp3) is 0.500. The molecule has 1 unspecified atom stereocenters. The molecule has 84 valence electrons. The molecule has 0 saturated carbocycles. The van der Waals surface area contributed by atoms with Crippen LogP contribution in [0.1, 0.15) is 25.8 Å². The van der Waals surface area contributed by atoms with Crippen molar-refractivity contribution in [1.29, 1.82) is 0 Å². The fourth-order valence-corrected chi connectivity index (χ4v) is 2.12. The number of nitrogens with zero attached hydrogens (tertiary/aromatic N) is 1. The largest absolute Gasteiger partial charge is 0.299 e. The second-order valence-electron chi connectivity index (χ2n) is 3.91. The number of benzene rings is 1. The Kier molecular flexibility index (Phi) is 5.10. The summed E-state index contributed by atoms with van der Waals surface area (Å²) in [5.74, 6) is 0. The van der Waals surface area contributed by atoms with Gasteiger partial charge in [-0.15, -0.1) is 0 Å². The number of rotatable bonds is 4. The van der Waals surface area contributed by atoms with Crippen LogP contribution in [0, 0.1) is 0 Å². The van der Waals surface area contributed by atoms with E-state index >= 15 is 0 Å². The number of halogens is 2. The van der Waals surface area contributed by atoms with E-state index < -0.39 is 0 Å². The minimum Gasteiger partial charge on any atom is -0.299 e. The Morgan fingerprint density at radius 2 is 2.13 bits per heavy atom. The van der Waals surface area contributed by atoms with Crippen LogP contribution in [0.25, 0.3) is 0 Å². The summed E-state index contributed by atoms with van der Waals surface area (Å²) < 4.78 is 1.03. The summed E-state index contributed by atoms with van der Waals surface area (Å²) in [6.07, 6.45) is 1.16. The van der Waals surface area contributed by atoms with Crippen molar-refractivity contribution in [2.45, 2.75) is 32.9 Å². The molecule has 1 rings (SSSR count). The molecule has 0 aliphatic rings. The first-order valence-electron chi connectivity index (χ1n) is 5.18. The van der Waals surface area contributed by atoms with E-state index in [1.54, 1.807) is 0 Å². The van der Waals surface area contributed by atoms with E-state index in [4.69, 9.17) is 11.6 Å². The summed E-state index contributed by atoms with van der Waals surface area (Å²) in [6, 6.07) is 6.64. The average molecular weight is 291 g/mol. The van der Waals surface area contributed by atoms with Crippen LogP contribution in [0.4, 0.5) is 0 Å². The first-order chi connectivity index (χ1) is 7.04. The van der Waals surface area contributed by atoms with Gasteiger partial charge in [0.25, 0.3) is 0 Å². The Hall–Kier alpha value is -0.0500. The van der Waals surface area contributed by atoms with E-state index in [-0.39, 0.29) is 0 Å². The molecule has 0 radical (unpaired) electrons. The molecule has 0 aliphatic heterocycles. The van der Waals surface area contributed by atoms with Gasteiger partial charge in [0.15, 0.2) is 0 Å². The predicted molar refractivity (Wildman–Crippen MR) is 70.4 cm³/mol. The summed E-state index contributed by atoms with van der Waals surface area (Å²) in [5.41, 5.74) is 1.18. The molecule has 1 aromatic rings. The lowest BCUT2D eigenvalue weighted by atomic mass is 10.1. The van der Waals surface area contributed by atoms with E-state index in [1.165, 1.54) is 5.56 Å². The van der Waals surface area contributed by atoms with Gasteiger partial charge < -0.3 is 0 Å². The highest BCUT2D eigenvalue weighted by atomic mass is 79.9. The van der Waals surface area contributed by atoms with Crippen LogP contribution >= 0.6 is 27.5 Å². The zero-order chi connectivity index (χ0) is 11.4. The van der Waals surface area contributed by atoms with Crippen molar-refractivity contribution in [2.24, 2.45) is 0 Å². The van der Waals surface area contributed by atoms with E-state index in [2.05, 4.69) is 47.8 Å². The minimum atomic E-state index is 0.588. The van der Waals surface area contributed by atoms with Gasteiger partial charge in [-0.2, -0.15) is 0 Å². The molecule has 0 N–H and O–H groups in total. The normalized spacial score (nSPS) is 13.2. The summed E-state index contributed by atoms with van der Waals surface area (Å²) in [5, 5.41) is 0.833. The molecule has 0 spiro atoms. The van der Waals surface area contributed by atoms with Crippen LogP contribution in [0.15, 0.2) is 22.7 Å². The van der Waals surface area contributed by atoms with Gasteiger partial charge in [0.2, 0.25) is 0 Å². The molecule has 0 bridgehead atoms. The van der Waals surface area contributed by atoms with Crippen molar-refractivity contribution in [3.8, 4) is 0 Å². The highest BCUT2D eigenvalue weighted by molar-refractivity contribution is 9.10. The molecular formula is C12H17BrClN. The molecule has 1 atom stereocenters. The minimum absolute atomic E-state index is 0.588. The van der Waals surface area contributed by atoms with Gasteiger partial charge in [0.05, 0.1) is 0 Å². The molecule has 1 nitrogen and oxygen atoms in total. The van der Waals surface area contributed by atoms with Crippen molar-refractivity contribution >= 4 is 27.5 Å². The third-order valence-electron chi connectivity index (χ3n) is 2.78. The Morgan fingerprint density at radius 3 is 2.67 bits per heavy atom. The Bertz CT molecular complexity index is 327. The Labute approximate surface area is 106 Å². The maximum atomic E-state index is 6.16. The summed E-state index contributed by atoms with van der Waals surface area (Å²) in [7, 11) is 2.13. The molecule has 0 amide bonds. The molecule has 0 heterocycles. The van der Waals surface area contributed by atoms with Gasteiger partial charge >= 0.3 is 0 Å². The van der Waals surface area contributed by atoms with Crippen molar-refractivity contribution in [1.82, 2.24) is 4.90 Å². The lowest BCUT2D eigenvalue weighted by Gasteiger charge is -2.23. The van der Waals surface area contributed by atoms with Crippen LogP contribution in [-0.2, 0) is 6.54 Å². The molecule has 0 fully saturated rings. The molecule has 0 aromatic heterocycles. The predicted octanol–water partition coefficient (Wildman–Crippen LogP) is 4.33. The van der Waals surface area contributed by atoms with Crippen LogP contribution in [0.3, 0.4) is 0 Å². The fourth-order valence-electron chi connectivity index (χ4n) is 1.39. The van der Waals surface area contributed by atoms with Gasteiger partial charge in [0.1, 0.15) is 0 Å². The topological polar surface area (TPSA) is 3.24 Å². The van der Waals surface area contributed by atoms with Crippen LogP contribution in [-0.4, -0.2) is 18.0 Å². The third kappa shape index (κ3) is 3.78. The lowest BCUT2D eigenvalue weighted by molar-refractivity contribution is 0.244. The summed E-state index contributed by atoms with van der Waals surface area (Å²) in [4.78, 5) is 2.31. The van der Waals surface area contributed by atoms with E-state index in [1.807, 2.05) is 12.1 Å². The van der Waals surface area contributed by atoms with E-state index in [0.29, 0.717) is 6.04 Å². The zero-order valence-electron chi connectivity index (χ0n) is 9.43. The first kappa shape index (κ1) is 13.0. The van der Waals surface area contributed by atoms with Crippen molar-refractivity contribution in [3.63, 3.8) is 0 Å². The van der Waals surface area contributed by atoms with Gasteiger partial charge in [-0.25, -0.2) is 0 Å². The quantitative estimate of drug-likeness (QED) is 0.797. The second-order valence-corrected chi connectivity index (χ2v) is 5.23. The van der Waals surface area contributed by atoms with Crippen molar-refractivity contribution in [3.05, 3.63) is 33.3 Å². The highest BCUT2D eigenvalue weighted by Crippen LogP contribution is 2.22. The lowest BCUT2D eigenvalue weighted by Crippen LogP contribution is -2.27. The molecule has 3 heteroatoms. The van der Waals surface area contributed by atoms with Crippen molar-refractivity contribution < 1.29 is 0 Å². The standard InChI is InChI=1S/C12H17BrClN/c1-4-9(2)15(3)8-10-5-6-11(13)7-12(10)14/h5-7,9H,4,8H2,1-3H3. The number of hydrogen-bond donors (Lipinski definition) is 0. The molecule has 0 saturated heterocycles. The average Bonchev–Trinajstić information content (AvgIpc) is 2.20. The van der Waals surface area contributed by atoms with Gasteiger partial charge in [-0.1, -0.05) is 40.5 Å². The molecule has 15 heavy (non-hydrogen) atoms. The van der Waals surface area contributed by atoms with Gasteiger partial charge in [-0.3, -0.25) is 4.90 Å². The zero-order valence-corrected chi connectivity index (χ0v) is 11.8.